The van der Waals surface area contributed by atoms with Gasteiger partial charge in [0.05, 0.1) is 0 Å². The summed E-state index contributed by atoms with van der Waals surface area (Å²) in [4.78, 5) is 1.48. The first-order chi connectivity index (χ1) is 8.48. The van der Waals surface area contributed by atoms with Gasteiger partial charge in [0.2, 0.25) is 0 Å². The predicted molar refractivity (Wildman–Crippen MR) is 83.4 cm³/mol. The standard InChI is InChI=1S/C17H22S/c1-5-13(12-17(2,3)4)10-15-11-14-8-6-7-9-16(14)18-15/h6-9,11-12H,5,10H2,1-4H3/b13-12+. The number of hydrogen-bond acceptors (Lipinski definition) is 1. The maximum absolute atomic E-state index is 2.43. The van der Waals surface area contributed by atoms with E-state index in [2.05, 4.69) is 64.1 Å². The molecule has 0 nitrogen and oxygen atoms in total. The van der Waals surface area contributed by atoms with Gasteiger partial charge in [0.25, 0.3) is 0 Å². The summed E-state index contributed by atoms with van der Waals surface area (Å²) in [7, 11) is 0. The summed E-state index contributed by atoms with van der Waals surface area (Å²) in [6.45, 7) is 9.07. The molecule has 2 rings (SSSR count). The normalized spacial score (nSPS) is 13.2. The predicted octanol–water partition coefficient (Wildman–Crippen LogP) is 5.83. The van der Waals surface area contributed by atoms with Crippen molar-refractivity contribution in [2.75, 3.05) is 0 Å². The minimum absolute atomic E-state index is 0.280. The number of hydrogen-bond donors (Lipinski definition) is 0. The number of fused-ring (bicyclic) bond motifs is 1. The highest BCUT2D eigenvalue weighted by Crippen LogP contribution is 2.29. The Balaban J connectivity index is 2.24. The monoisotopic (exact) mass is 258 g/mol. The van der Waals surface area contributed by atoms with Crippen molar-refractivity contribution >= 4 is 21.4 Å². The molecular weight excluding hydrogens is 236 g/mol. The van der Waals surface area contributed by atoms with Crippen LogP contribution in [0.25, 0.3) is 10.1 Å². The third-order valence-corrected chi connectivity index (χ3v) is 4.09. The first kappa shape index (κ1) is 13.4. The quantitative estimate of drug-likeness (QED) is 0.608. The fourth-order valence-corrected chi connectivity index (χ4v) is 3.36. The lowest BCUT2D eigenvalue weighted by atomic mass is 9.91. The molecule has 0 N–H and O–H groups in total. The molecule has 0 atom stereocenters. The summed E-state index contributed by atoms with van der Waals surface area (Å²) >= 11 is 1.93. The Morgan fingerprint density at radius 3 is 2.56 bits per heavy atom. The molecule has 1 heteroatoms. The van der Waals surface area contributed by atoms with Crippen LogP contribution in [0.15, 0.2) is 42.0 Å². The number of rotatable bonds is 3. The summed E-state index contributed by atoms with van der Waals surface area (Å²) < 4.78 is 1.40. The van der Waals surface area contributed by atoms with E-state index < -0.39 is 0 Å². The molecule has 0 fully saturated rings. The van der Waals surface area contributed by atoms with E-state index in [0.29, 0.717) is 0 Å². The van der Waals surface area contributed by atoms with Crippen LogP contribution in [-0.4, -0.2) is 0 Å². The van der Waals surface area contributed by atoms with Crippen LogP contribution >= 0.6 is 11.3 Å². The highest BCUT2D eigenvalue weighted by molar-refractivity contribution is 7.19. The fraction of sp³-hybridized carbons (Fsp3) is 0.412. The van der Waals surface area contributed by atoms with Crippen LogP contribution in [0.1, 0.15) is 39.0 Å². The molecule has 18 heavy (non-hydrogen) atoms. The van der Waals surface area contributed by atoms with Crippen LogP contribution in [-0.2, 0) is 6.42 Å². The molecule has 0 aliphatic rings. The third-order valence-electron chi connectivity index (χ3n) is 2.97. The zero-order chi connectivity index (χ0) is 13.2. The molecule has 0 saturated carbocycles. The molecule has 0 aliphatic heterocycles. The van der Waals surface area contributed by atoms with Gasteiger partial charge in [-0.15, -0.1) is 11.3 Å². The smallest absolute Gasteiger partial charge is 0.0345 e. The van der Waals surface area contributed by atoms with Crippen LogP contribution in [0.2, 0.25) is 0 Å². The molecule has 0 radical (unpaired) electrons. The zero-order valence-corrected chi connectivity index (χ0v) is 12.6. The van der Waals surface area contributed by atoms with E-state index in [9.17, 15) is 0 Å². The lowest BCUT2D eigenvalue weighted by molar-refractivity contribution is 0.536. The summed E-state index contributed by atoms with van der Waals surface area (Å²) in [6.07, 6.45) is 4.68. The van der Waals surface area contributed by atoms with Crippen LogP contribution in [0.5, 0.6) is 0 Å². The van der Waals surface area contributed by atoms with E-state index in [-0.39, 0.29) is 5.41 Å². The van der Waals surface area contributed by atoms with Crippen LogP contribution in [0.3, 0.4) is 0 Å². The first-order valence-corrected chi connectivity index (χ1v) is 7.47. The molecule has 96 valence electrons. The van der Waals surface area contributed by atoms with E-state index in [1.807, 2.05) is 11.3 Å². The van der Waals surface area contributed by atoms with Gasteiger partial charge < -0.3 is 0 Å². The van der Waals surface area contributed by atoms with Crippen LogP contribution in [0.4, 0.5) is 0 Å². The topological polar surface area (TPSA) is 0 Å². The maximum Gasteiger partial charge on any atom is 0.0345 e. The van der Waals surface area contributed by atoms with E-state index in [4.69, 9.17) is 0 Å². The summed E-state index contributed by atoms with van der Waals surface area (Å²) in [5.41, 5.74) is 1.83. The molecule has 0 bridgehead atoms. The van der Waals surface area contributed by atoms with Gasteiger partial charge in [0, 0.05) is 16.0 Å². The molecule has 1 aromatic heterocycles. The van der Waals surface area contributed by atoms with Gasteiger partial charge in [-0.25, -0.2) is 0 Å². The van der Waals surface area contributed by atoms with Crippen molar-refractivity contribution in [2.24, 2.45) is 5.41 Å². The van der Waals surface area contributed by atoms with E-state index in [1.165, 1.54) is 15.0 Å². The maximum atomic E-state index is 2.43. The van der Waals surface area contributed by atoms with Crippen LogP contribution < -0.4 is 0 Å². The summed E-state index contributed by atoms with van der Waals surface area (Å²) in [5, 5.41) is 1.38. The van der Waals surface area contributed by atoms with E-state index in [1.54, 1.807) is 5.57 Å². The Bertz CT molecular complexity index is 519. The Labute approximate surface area is 114 Å². The molecular formula is C17H22S. The molecule has 1 heterocycles. The fourth-order valence-electron chi connectivity index (χ4n) is 2.24. The molecule has 0 unspecified atom stereocenters. The minimum Gasteiger partial charge on any atom is -0.140 e. The molecule has 2 aromatic rings. The lowest BCUT2D eigenvalue weighted by Gasteiger charge is -2.15. The number of benzene rings is 1. The Kier molecular flexibility index (Phi) is 3.91. The van der Waals surface area contributed by atoms with E-state index >= 15 is 0 Å². The molecule has 0 amide bonds. The molecule has 0 aliphatic carbocycles. The second kappa shape index (κ2) is 5.27. The van der Waals surface area contributed by atoms with Gasteiger partial charge in [-0.05, 0) is 29.4 Å². The number of allylic oxidation sites excluding steroid dienone is 2. The highest BCUT2D eigenvalue weighted by Gasteiger charge is 2.09. The van der Waals surface area contributed by atoms with Crippen molar-refractivity contribution in [3.8, 4) is 0 Å². The van der Waals surface area contributed by atoms with Crippen molar-refractivity contribution < 1.29 is 0 Å². The third kappa shape index (κ3) is 3.46. The zero-order valence-electron chi connectivity index (χ0n) is 11.8. The van der Waals surface area contributed by atoms with Gasteiger partial charge in [-0.2, -0.15) is 0 Å². The van der Waals surface area contributed by atoms with Crippen LogP contribution in [0, 0.1) is 5.41 Å². The second-order valence-corrected chi connectivity index (χ2v) is 7.12. The SMILES string of the molecule is CC/C(=C\C(C)(C)C)Cc1cc2ccccc2s1. The Hall–Kier alpha value is -1.08. The van der Waals surface area contributed by atoms with Gasteiger partial charge in [0.15, 0.2) is 0 Å². The molecule has 1 aromatic carbocycles. The van der Waals surface area contributed by atoms with Gasteiger partial charge in [0.1, 0.15) is 0 Å². The van der Waals surface area contributed by atoms with Crippen molar-refractivity contribution in [2.45, 2.75) is 40.5 Å². The van der Waals surface area contributed by atoms with Gasteiger partial charge in [-0.1, -0.05) is 57.5 Å². The first-order valence-electron chi connectivity index (χ1n) is 6.66. The summed E-state index contributed by atoms with van der Waals surface area (Å²) in [6, 6.07) is 11.0. The Morgan fingerprint density at radius 1 is 1.22 bits per heavy atom. The van der Waals surface area contributed by atoms with Gasteiger partial charge in [-0.3, -0.25) is 0 Å². The highest BCUT2D eigenvalue weighted by atomic mass is 32.1. The average Bonchev–Trinajstić information content (AvgIpc) is 2.68. The van der Waals surface area contributed by atoms with E-state index in [0.717, 1.165) is 12.8 Å². The lowest BCUT2D eigenvalue weighted by Crippen LogP contribution is -2.02. The van der Waals surface area contributed by atoms with Crippen molar-refractivity contribution in [1.82, 2.24) is 0 Å². The van der Waals surface area contributed by atoms with Crippen molar-refractivity contribution in [3.63, 3.8) is 0 Å². The minimum atomic E-state index is 0.280. The molecule has 0 saturated heterocycles. The van der Waals surface area contributed by atoms with Gasteiger partial charge >= 0.3 is 0 Å². The number of thiophene rings is 1. The van der Waals surface area contributed by atoms with Crippen molar-refractivity contribution in [3.05, 3.63) is 46.9 Å². The average molecular weight is 258 g/mol. The summed E-state index contributed by atoms with van der Waals surface area (Å²) in [5.74, 6) is 0. The molecule has 0 spiro atoms. The largest absolute Gasteiger partial charge is 0.140 e. The van der Waals surface area contributed by atoms with Crippen molar-refractivity contribution in [1.29, 1.82) is 0 Å². The Morgan fingerprint density at radius 2 is 1.94 bits per heavy atom. The second-order valence-electron chi connectivity index (χ2n) is 5.95.